The first kappa shape index (κ1) is 12.4. The lowest BCUT2D eigenvalue weighted by atomic mass is 9.80. The second-order valence-corrected chi connectivity index (χ2v) is 4.63. The van der Waals surface area contributed by atoms with Crippen molar-refractivity contribution in [3.8, 4) is 0 Å². The van der Waals surface area contributed by atoms with Gasteiger partial charge in [0.2, 0.25) is 5.92 Å². The van der Waals surface area contributed by atoms with Crippen molar-refractivity contribution in [3.63, 3.8) is 0 Å². The van der Waals surface area contributed by atoms with Crippen LogP contribution >= 0.6 is 0 Å². The smallest absolute Gasteiger partial charge is 0.248 e. The second-order valence-electron chi connectivity index (χ2n) is 4.63. The van der Waals surface area contributed by atoms with Gasteiger partial charge in [-0.1, -0.05) is 0 Å². The predicted octanol–water partition coefficient (Wildman–Crippen LogP) is 2.56. The summed E-state index contributed by atoms with van der Waals surface area (Å²) < 4.78 is 26.2. The Balaban J connectivity index is 2.05. The maximum atomic E-state index is 13.1. The fourth-order valence-electron chi connectivity index (χ4n) is 2.54. The summed E-state index contributed by atoms with van der Waals surface area (Å²) in [5.41, 5.74) is 0.977. The van der Waals surface area contributed by atoms with Gasteiger partial charge in [0.25, 0.3) is 0 Å². The average molecular weight is 241 g/mol. The molecule has 1 heterocycles. The van der Waals surface area contributed by atoms with Gasteiger partial charge in [-0.15, -0.1) is 0 Å². The minimum atomic E-state index is -2.47. The van der Waals surface area contributed by atoms with Crippen LogP contribution in [0.3, 0.4) is 0 Å². The third kappa shape index (κ3) is 2.97. The molecule has 0 aromatic carbocycles. The molecule has 5 heteroatoms. The standard InChI is InChI=1S/C12H17F2N3/c1-15-11(10-6-16-8-17-7-10)9-2-4-12(13,14)5-3-9/h6-9,11,15H,2-5H2,1H3. The summed E-state index contributed by atoms with van der Waals surface area (Å²) in [5, 5.41) is 3.19. The maximum absolute atomic E-state index is 13.1. The molecule has 1 fully saturated rings. The van der Waals surface area contributed by atoms with Gasteiger partial charge in [0.05, 0.1) is 0 Å². The number of hydrogen-bond acceptors (Lipinski definition) is 3. The lowest BCUT2D eigenvalue weighted by molar-refractivity contribution is -0.0495. The van der Waals surface area contributed by atoms with E-state index in [1.54, 1.807) is 12.4 Å². The number of halogens is 2. The maximum Gasteiger partial charge on any atom is 0.248 e. The molecule has 2 rings (SSSR count). The lowest BCUT2D eigenvalue weighted by Gasteiger charge is -2.33. The number of nitrogens with one attached hydrogen (secondary N) is 1. The molecule has 1 unspecified atom stereocenters. The Morgan fingerprint density at radius 1 is 1.29 bits per heavy atom. The van der Waals surface area contributed by atoms with Crippen molar-refractivity contribution in [2.75, 3.05) is 7.05 Å². The topological polar surface area (TPSA) is 37.8 Å². The molecular formula is C12H17F2N3. The lowest BCUT2D eigenvalue weighted by Crippen LogP contribution is -2.32. The van der Waals surface area contributed by atoms with Crippen molar-refractivity contribution in [3.05, 3.63) is 24.3 Å². The van der Waals surface area contributed by atoms with E-state index in [1.165, 1.54) is 6.33 Å². The van der Waals surface area contributed by atoms with E-state index in [1.807, 2.05) is 7.05 Å². The molecule has 0 spiro atoms. The first-order valence-electron chi connectivity index (χ1n) is 5.92. The summed E-state index contributed by atoms with van der Waals surface area (Å²) in [5.74, 6) is -2.23. The Morgan fingerprint density at radius 3 is 2.41 bits per heavy atom. The third-order valence-corrected chi connectivity index (χ3v) is 3.48. The van der Waals surface area contributed by atoms with Crippen LogP contribution in [0.15, 0.2) is 18.7 Å². The molecule has 1 aliphatic rings. The largest absolute Gasteiger partial charge is 0.313 e. The van der Waals surface area contributed by atoms with Crippen LogP contribution in [0, 0.1) is 5.92 Å². The number of rotatable bonds is 3. The molecule has 1 N–H and O–H groups in total. The van der Waals surface area contributed by atoms with Gasteiger partial charge in [-0.25, -0.2) is 18.7 Å². The third-order valence-electron chi connectivity index (χ3n) is 3.48. The molecule has 0 amide bonds. The van der Waals surface area contributed by atoms with Crippen LogP contribution in [0.2, 0.25) is 0 Å². The van der Waals surface area contributed by atoms with E-state index in [4.69, 9.17) is 0 Å². The van der Waals surface area contributed by atoms with Gasteiger partial charge in [-0.3, -0.25) is 0 Å². The van der Waals surface area contributed by atoms with Crippen LogP contribution < -0.4 is 5.32 Å². The number of hydrogen-bond donors (Lipinski definition) is 1. The highest BCUT2D eigenvalue weighted by molar-refractivity contribution is 5.11. The first-order chi connectivity index (χ1) is 8.12. The average Bonchev–Trinajstić information content (AvgIpc) is 2.33. The van der Waals surface area contributed by atoms with Crippen LogP contribution in [0.4, 0.5) is 8.78 Å². The van der Waals surface area contributed by atoms with Gasteiger partial charge < -0.3 is 5.32 Å². The van der Waals surface area contributed by atoms with Crippen LogP contribution in [-0.2, 0) is 0 Å². The zero-order chi connectivity index (χ0) is 12.3. The number of alkyl halides is 2. The zero-order valence-corrected chi connectivity index (χ0v) is 9.87. The van der Waals surface area contributed by atoms with Crippen molar-refractivity contribution in [2.24, 2.45) is 5.92 Å². The molecule has 0 radical (unpaired) electrons. The fourth-order valence-corrected chi connectivity index (χ4v) is 2.54. The Hall–Kier alpha value is -1.10. The van der Waals surface area contributed by atoms with E-state index >= 15 is 0 Å². The van der Waals surface area contributed by atoms with Gasteiger partial charge in [0, 0.05) is 36.8 Å². The summed E-state index contributed by atoms with van der Waals surface area (Å²) >= 11 is 0. The molecule has 1 aromatic heterocycles. The van der Waals surface area contributed by atoms with Crippen LogP contribution in [0.5, 0.6) is 0 Å². The Kier molecular flexibility index (Phi) is 3.66. The molecule has 17 heavy (non-hydrogen) atoms. The minimum absolute atomic E-state index is 0.0104. The van der Waals surface area contributed by atoms with Crippen LogP contribution in [0.25, 0.3) is 0 Å². The van der Waals surface area contributed by atoms with Crippen LogP contribution in [-0.4, -0.2) is 22.9 Å². The van der Waals surface area contributed by atoms with Gasteiger partial charge in [0.15, 0.2) is 0 Å². The molecule has 1 saturated carbocycles. The summed E-state index contributed by atoms with van der Waals surface area (Å²) in [7, 11) is 1.85. The highest BCUT2D eigenvalue weighted by atomic mass is 19.3. The van der Waals surface area contributed by atoms with Crippen molar-refractivity contribution in [1.29, 1.82) is 0 Å². The summed E-state index contributed by atoms with van der Waals surface area (Å²) in [6.07, 6.45) is 6.06. The molecule has 0 aliphatic heterocycles. The Morgan fingerprint density at radius 2 is 1.88 bits per heavy atom. The minimum Gasteiger partial charge on any atom is -0.313 e. The van der Waals surface area contributed by atoms with Crippen molar-refractivity contribution < 1.29 is 8.78 Å². The SMILES string of the molecule is CNC(c1cncnc1)C1CCC(F)(F)CC1. The van der Waals surface area contributed by atoms with E-state index in [0.717, 1.165) is 5.56 Å². The van der Waals surface area contributed by atoms with E-state index in [2.05, 4.69) is 15.3 Å². The van der Waals surface area contributed by atoms with Gasteiger partial charge in [0.1, 0.15) is 6.33 Å². The molecule has 1 aromatic rings. The van der Waals surface area contributed by atoms with Gasteiger partial charge in [-0.2, -0.15) is 0 Å². The normalized spacial score (nSPS) is 22.3. The van der Waals surface area contributed by atoms with E-state index in [0.29, 0.717) is 12.8 Å². The Labute approximate surface area is 99.7 Å². The molecular weight excluding hydrogens is 224 g/mol. The fraction of sp³-hybridized carbons (Fsp3) is 0.667. The van der Waals surface area contributed by atoms with Crippen molar-refractivity contribution >= 4 is 0 Å². The van der Waals surface area contributed by atoms with E-state index in [9.17, 15) is 8.78 Å². The molecule has 3 nitrogen and oxygen atoms in total. The molecule has 1 aliphatic carbocycles. The quantitative estimate of drug-likeness (QED) is 0.883. The van der Waals surface area contributed by atoms with Crippen LogP contribution in [0.1, 0.15) is 37.3 Å². The number of aromatic nitrogens is 2. The first-order valence-corrected chi connectivity index (χ1v) is 5.92. The van der Waals surface area contributed by atoms with E-state index < -0.39 is 5.92 Å². The van der Waals surface area contributed by atoms with Gasteiger partial charge in [-0.05, 0) is 25.8 Å². The van der Waals surface area contributed by atoms with E-state index in [-0.39, 0.29) is 24.8 Å². The second kappa shape index (κ2) is 5.04. The molecule has 1 atom stereocenters. The Bertz CT molecular complexity index is 346. The molecule has 0 saturated heterocycles. The molecule has 94 valence electrons. The van der Waals surface area contributed by atoms with Crippen molar-refractivity contribution in [1.82, 2.24) is 15.3 Å². The van der Waals surface area contributed by atoms with Crippen molar-refractivity contribution in [2.45, 2.75) is 37.6 Å². The highest BCUT2D eigenvalue weighted by Crippen LogP contribution is 2.40. The summed E-state index contributed by atoms with van der Waals surface area (Å²) in [6, 6.07) is 0.0762. The summed E-state index contributed by atoms with van der Waals surface area (Å²) in [4.78, 5) is 7.96. The monoisotopic (exact) mass is 241 g/mol. The summed E-state index contributed by atoms with van der Waals surface area (Å²) in [6.45, 7) is 0. The zero-order valence-electron chi connectivity index (χ0n) is 9.87. The highest BCUT2D eigenvalue weighted by Gasteiger charge is 2.37. The number of nitrogens with zero attached hydrogens (tertiary/aromatic N) is 2. The molecule has 0 bridgehead atoms. The predicted molar refractivity (Wildman–Crippen MR) is 60.7 cm³/mol. The van der Waals surface area contributed by atoms with Gasteiger partial charge >= 0.3 is 0 Å².